The van der Waals surface area contributed by atoms with Crippen molar-refractivity contribution in [3.8, 4) is 5.75 Å². The van der Waals surface area contributed by atoms with Crippen molar-refractivity contribution >= 4 is 29.0 Å². The molecule has 2 heterocycles. The number of carbonyl (C=O) groups is 1. The fraction of sp³-hybridized carbons (Fsp3) is 0.0667. The van der Waals surface area contributed by atoms with E-state index in [2.05, 4.69) is 0 Å². The lowest BCUT2D eigenvalue weighted by molar-refractivity contribution is 0.101. The van der Waals surface area contributed by atoms with Crippen molar-refractivity contribution in [1.29, 1.82) is 0 Å². The first-order valence-electron chi connectivity index (χ1n) is 5.90. The van der Waals surface area contributed by atoms with Gasteiger partial charge in [0.05, 0.1) is 18.9 Å². The van der Waals surface area contributed by atoms with E-state index < -0.39 is 0 Å². The van der Waals surface area contributed by atoms with E-state index in [0.29, 0.717) is 16.9 Å². The van der Waals surface area contributed by atoms with Crippen LogP contribution in [0.3, 0.4) is 0 Å². The highest BCUT2D eigenvalue weighted by atomic mass is 32.1. The van der Waals surface area contributed by atoms with Crippen LogP contribution in [0, 0.1) is 4.71 Å². The number of benzene rings is 1. The summed E-state index contributed by atoms with van der Waals surface area (Å²) in [6.45, 7) is 0. The highest BCUT2D eigenvalue weighted by Crippen LogP contribution is 2.27. The molecule has 3 aromatic rings. The topological polar surface area (TPSA) is 52.6 Å². The molecular formula is C15H10O4S. The monoisotopic (exact) mass is 286 g/mol. The Labute approximate surface area is 119 Å². The molecule has 0 bridgehead atoms. The van der Waals surface area contributed by atoms with Gasteiger partial charge in [-0.25, -0.2) is 0 Å². The SMILES string of the molecule is COc1cccc2cc(C(=O)c3ccco3)c(=S)oc12. The quantitative estimate of drug-likeness (QED) is 0.538. The van der Waals surface area contributed by atoms with E-state index in [9.17, 15) is 4.79 Å². The van der Waals surface area contributed by atoms with Crippen molar-refractivity contribution in [2.75, 3.05) is 7.11 Å². The Kier molecular flexibility index (Phi) is 3.12. The molecule has 0 fully saturated rings. The minimum Gasteiger partial charge on any atom is -0.493 e. The van der Waals surface area contributed by atoms with Gasteiger partial charge in [0.2, 0.25) is 10.5 Å². The number of fused-ring (bicyclic) bond motifs is 1. The third kappa shape index (κ3) is 2.02. The third-order valence-corrected chi connectivity index (χ3v) is 3.24. The molecule has 0 atom stereocenters. The highest BCUT2D eigenvalue weighted by Gasteiger charge is 2.17. The summed E-state index contributed by atoms with van der Waals surface area (Å²) >= 11 is 5.15. The van der Waals surface area contributed by atoms with Crippen LogP contribution in [-0.2, 0) is 0 Å². The van der Waals surface area contributed by atoms with Crippen LogP contribution in [-0.4, -0.2) is 12.9 Å². The van der Waals surface area contributed by atoms with Crippen LogP contribution in [0.15, 0.2) is 51.5 Å². The van der Waals surface area contributed by atoms with Gasteiger partial charge in [0, 0.05) is 5.39 Å². The minimum absolute atomic E-state index is 0.114. The Morgan fingerprint density at radius 1 is 1.25 bits per heavy atom. The van der Waals surface area contributed by atoms with Gasteiger partial charge in [0.1, 0.15) is 0 Å². The molecule has 0 unspecified atom stereocenters. The zero-order valence-electron chi connectivity index (χ0n) is 10.6. The zero-order chi connectivity index (χ0) is 14.1. The summed E-state index contributed by atoms with van der Waals surface area (Å²) in [7, 11) is 1.55. The summed E-state index contributed by atoms with van der Waals surface area (Å²) in [5, 5.41) is 0.743. The Balaban J connectivity index is 2.21. The maximum atomic E-state index is 12.3. The maximum Gasteiger partial charge on any atom is 0.232 e. The highest BCUT2D eigenvalue weighted by molar-refractivity contribution is 7.71. The Hall–Kier alpha value is -2.40. The van der Waals surface area contributed by atoms with Gasteiger partial charge in [-0.15, -0.1) is 0 Å². The van der Waals surface area contributed by atoms with Crippen molar-refractivity contribution in [2.45, 2.75) is 0 Å². The predicted octanol–water partition coefficient (Wildman–Crippen LogP) is 3.99. The molecular weight excluding hydrogens is 276 g/mol. The average Bonchev–Trinajstić information content (AvgIpc) is 2.99. The molecule has 0 N–H and O–H groups in total. The number of ether oxygens (including phenoxy) is 1. The molecule has 3 rings (SSSR count). The smallest absolute Gasteiger partial charge is 0.232 e. The predicted molar refractivity (Wildman–Crippen MR) is 75.7 cm³/mol. The fourth-order valence-electron chi connectivity index (χ4n) is 1.98. The largest absolute Gasteiger partial charge is 0.493 e. The van der Waals surface area contributed by atoms with E-state index in [0.717, 1.165) is 5.39 Å². The van der Waals surface area contributed by atoms with Gasteiger partial charge < -0.3 is 13.6 Å². The van der Waals surface area contributed by atoms with Crippen LogP contribution in [0.5, 0.6) is 5.75 Å². The lowest BCUT2D eigenvalue weighted by Crippen LogP contribution is -2.00. The van der Waals surface area contributed by atoms with Crippen LogP contribution in [0.1, 0.15) is 16.1 Å². The van der Waals surface area contributed by atoms with Gasteiger partial charge in [-0.3, -0.25) is 4.79 Å². The molecule has 0 aliphatic heterocycles. The van der Waals surface area contributed by atoms with Crippen molar-refractivity contribution in [1.82, 2.24) is 0 Å². The second kappa shape index (κ2) is 4.94. The summed E-state index contributed by atoms with van der Waals surface area (Å²) in [5.74, 6) is 0.507. The number of ketones is 1. The van der Waals surface area contributed by atoms with E-state index in [1.807, 2.05) is 12.1 Å². The number of hydrogen-bond donors (Lipinski definition) is 0. The molecule has 100 valence electrons. The normalized spacial score (nSPS) is 10.7. The molecule has 0 amide bonds. The second-order valence-corrected chi connectivity index (χ2v) is 4.50. The van der Waals surface area contributed by atoms with Crippen molar-refractivity contribution < 1.29 is 18.4 Å². The fourth-order valence-corrected chi connectivity index (χ4v) is 2.21. The van der Waals surface area contributed by atoms with Crippen molar-refractivity contribution in [2.24, 2.45) is 0 Å². The first-order chi connectivity index (χ1) is 9.70. The summed E-state index contributed by atoms with van der Waals surface area (Å²) in [6, 6.07) is 10.4. The Morgan fingerprint density at radius 2 is 2.10 bits per heavy atom. The molecule has 20 heavy (non-hydrogen) atoms. The van der Waals surface area contributed by atoms with Gasteiger partial charge in [-0.1, -0.05) is 12.1 Å². The number of hydrogen-bond acceptors (Lipinski definition) is 5. The van der Waals surface area contributed by atoms with E-state index in [-0.39, 0.29) is 16.3 Å². The molecule has 5 heteroatoms. The number of rotatable bonds is 3. The second-order valence-electron chi connectivity index (χ2n) is 4.13. The van der Waals surface area contributed by atoms with Crippen molar-refractivity contribution in [3.05, 3.63) is 58.7 Å². The first kappa shape index (κ1) is 12.6. The summed E-state index contributed by atoms with van der Waals surface area (Å²) in [6.07, 6.45) is 1.44. The van der Waals surface area contributed by atoms with Crippen LogP contribution in [0.4, 0.5) is 0 Å². The lowest BCUT2D eigenvalue weighted by Gasteiger charge is -2.05. The molecule has 0 aliphatic rings. The van der Waals surface area contributed by atoms with Crippen molar-refractivity contribution in [3.63, 3.8) is 0 Å². The van der Waals surface area contributed by atoms with Crippen LogP contribution in [0.25, 0.3) is 11.0 Å². The van der Waals surface area contributed by atoms with Gasteiger partial charge in [0.15, 0.2) is 17.1 Å². The summed E-state index contributed by atoms with van der Waals surface area (Å²) in [5.41, 5.74) is 0.826. The van der Waals surface area contributed by atoms with E-state index in [1.165, 1.54) is 6.26 Å². The van der Waals surface area contributed by atoms with Gasteiger partial charge in [-0.2, -0.15) is 0 Å². The zero-order valence-corrected chi connectivity index (χ0v) is 11.4. The molecule has 0 radical (unpaired) electrons. The number of para-hydroxylation sites is 1. The lowest BCUT2D eigenvalue weighted by atomic mass is 10.1. The Bertz CT molecular complexity index is 831. The van der Waals surface area contributed by atoms with Gasteiger partial charge in [-0.05, 0) is 36.5 Å². The minimum atomic E-state index is -0.298. The number of carbonyl (C=O) groups excluding carboxylic acids is 1. The van der Waals surface area contributed by atoms with Crippen LogP contribution < -0.4 is 4.74 Å². The van der Waals surface area contributed by atoms with E-state index in [1.54, 1.807) is 31.4 Å². The molecule has 0 spiro atoms. The summed E-state index contributed by atoms with van der Waals surface area (Å²) in [4.78, 5) is 12.3. The van der Waals surface area contributed by atoms with Gasteiger partial charge >= 0.3 is 0 Å². The maximum absolute atomic E-state index is 12.3. The number of furan rings is 1. The van der Waals surface area contributed by atoms with E-state index in [4.69, 9.17) is 25.8 Å². The van der Waals surface area contributed by atoms with Crippen LogP contribution in [0.2, 0.25) is 0 Å². The standard InChI is InChI=1S/C15H10O4S/c1-17-12-5-2-4-9-8-10(15(20)19-14(9)12)13(16)11-6-3-7-18-11/h2-8H,1H3. The Morgan fingerprint density at radius 3 is 2.80 bits per heavy atom. The molecule has 0 saturated carbocycles. The van der Waals surface area contributed by atoms with E-state index >= 15 is 0 Å². The average molecular weight is 286 g/mol. The third-order valence-electron chi connectivity index (χ3n) is 2.93. The molecule has 0 saturated heterocycles. The molecule has 0 aliphatic carbocycles. The molecule has 1 aromatic carbocycles. The van der Waals surface area contributed by atoms with Gasteiger partial charge in [0.25, 0.3) is 0 Å². The molecule has 4 nitrogen and oxygen atoms in total. The summed E-state index contributed by atoms with van der Waals surface area (Å²) < 4.78 is 16.0. The number of methoxy groups -OCH3 is 1. The first-order valence-corrected chi connectivity index (χ1v) is 6.30. The molecule has 2 aromatic heterocycles. The van der Waals surface area contributed by atoms with Crippen LogP contribution >= 0.6 is 12.2 Å².